The molecule has 20 heavy (non-hydrogen) atoms. The highest BCUT2D eigenvalue weighted by molar-refractivity contribution is 7.14. The molecule has 0 aromatic carbocycles. The third-order valence-corrected chi connectivity index (χ3v) is 5.07. The van der Waals surface area contributed by atoms with Crippen LogP contribution < -0.4 is 0 Å². The summed E-state index contributed by atoms with van der Waals surface area (Å²) in [6.07, 6.45) is 0. The third-order valence-electron chi connectivity index (χ3n) is 3.35. The first-order valence-electron chi connectivity index (χ1n) is 6.55. The van der Waals surface area contributed by atoms with Gasteiger partial charge in [0.25, 0.3) is 5.91 Å². The summed E-state index contributed by atoms with van der Waals surface area (Å²) in [5, 5.41) is 5.00. The minimum absolute atomic E-state index is 0.0928. The Bertz CT molecular complexity index is 620. The van der Waals surface area contributed by atoms with Gasteiger partial charge >= 0.3 is 0 Å². The molecule has 3 heterocycles. The SMILES string of the molecule is Cc1nc(-c2cc(C(=O)N3CCOC[C@@H]3C)cs2)cs1. The van der Waals surface area contributed by atoms with Crippen LogP contribution in [0.2, 0.25) is 0 Å². The van der Waals surface area contributed by atoms with E-state index < -0.39 is 0 Å². The van der Waals surface area contributed by atoms with Crippen LogP contribution in [0.15, 0.2) is 16.8 Å². The zero-order valence-electron chi connectivity index (χ0n) is 11.5. The van der Waals surface area contributed by atoms with Crippen LogP contribution in [0.3, 0.4) is 0 Å². The van der Waals surface area contributed by atoms with E-state index >= 15 is 0 Å². The molecule has 1 atom stereocenters. The van der Waals surface area contributed by atoms with E-state index in [-0.39, 0.29) is 11.9 Å². The topological polar surface area (TPSA) is 42.4 Å². The smallest absolute Gasteiger partial charge is 0.255 e. The van der Waals surface area contributed by atoms with Gasteiger partial charge in [-0.2, -0.15) is 0 Å². The molecule has 2 aromatic rings. The van der Waals surface area contributed by atoms with Crippen molar-refractivity contribution in [1.29, 1.82) is 0 Å². The van der Waals surface area contributed by atoms with Crippen LogP contribution in [0.4, 0.5) is 0 Å². The van der Waals surface area contributed by atoms with Crippen LogP contribution >= 0.6 is 22.7 Å². The van der Waals surface area contributed by atoms with Crippen LogP contribution in [-0.2, 0) is 4.74 Å². The molecule has 1 saturated heterocycles. The van der Waals surface area contributed by atoms with Crippen LogP contribution in [0.1, 0.15) is 22.3 Å². The molecule has 106 valence electrons. The van der Waals surface area contributed by atoms with E-state index in [1.54, 1.807) is 22.7 Å². The maximum absolute atomic E-state index is 12.5. The van der Waals surface area contributed by atoms with Crippen molar-refractivity contribution in [2.24, 2.45) is 0 Å². The highest BCUT2D eigenvalue weighted by Crippen LogP contribution is 2.29. The van der Waals surface area contributed by atoms with Crippen molar-refractivity contribution in [3.63, 3.8) is 0 Å². The second-order valence-corrected chi connectivity index (χ2v) is 6.85. The Balaban J connectivity index is 1.81. The lowest BCUT2D eigenvalue weighted by Gasteiger charge is -2.33. The number of aryl methyl sites for hydroxylation is 1. The second-order valence-electron chi connectivity index (χ2n) is 4.87. The van der Waals surface area contributed by atoms with Gasteiger partial charge in [-0.15, -0.1) is 22.7 Å². The minimum atomic E-state index is 0.0928. The lowest BCUT2D eigenvalue weighted by molar-refractivity contribution is 0.00363. The quantitative estimate of drug-likeness (QED) is 0.856. The van der Waals surface area contributed by atoms with Gasteiger partial charge in [0.2, 0.25) is 0 Å². The van der Waals surface area contributed by atoms with Gasteiger partial charge in [0.05, 0.1) is 40.4 Å². The average Bonchev–Trinajstić information content (AvgIpc) is 3.07. The standard InChI is InChI=1S/C14H16N2O2S2/c1-9-6-18-4-3-16(9)14(17)11-5-13(20-7-11)12-8-19-10(2)15-12/h5,7-9H,3-4,6H2,1-2H3/t9-/m0/s1. The van der Waals surface area contributed by atoms with Crippen molar-refractivity contribution < 1.29 is 9.53 Å². The third kappa shape index (κ3) is 2.63. The van der Waals surface area contributed by atoms with Crippen LogP contribution in [0, 0.1) is 6.92 Å². The maximum atomic E-state index is 12.5. The Morgan fingerprint density at radius 1 is 1.45 bits per heavy atom. The number of nitrogens with zero attached hydrogens (tertiary/aromatic N) is 2. The lowest BCUT2D eigenvalue weighted by Crippen LogP contribution is -2.46. The number of carbonyl (C=O) groups is 1. The number of rotatable bonds is 2. The number of amides is 1. The summed E-state index contributed by atoms with van der Waals surface area (Å²) >= 11 is 3.20. The fourth-order valence-corrected chi connectivity index (χ4v) is 3.78. The number of hydrogen-bond acceptors (Lipinski definition) is 5. The van der Waals surface area contributed by atoms with Crippen LogP contribution in [-0.4, -0.2) is 41.6 Å². The molecule has 3 rings (SSSR count). The van der Waals surface area contributed by atoms with Gasteiger partial charge < -0.3 is 9.64 Å². The van der Waals surface area contributed by atoms with Crippen molar-refractivity contribution in [3.8, 4) is 10.6 Å². The van der Waals surface area contributed by atoms with E-state index in [1.807, 2.05) is 35.6 Å². The van der Waals surface area contributed by atoms with Gasteiger partial charge in [-0.1, -0.05) is 0 Å². The largest absolute Gasteiger partial charge is 0.377 e. The van der Waals surface area contributed by atoms with E-state index in [9.17, 15) is 4.79 Å². The highest BCUT2D eigenvalue weighted by Gasteiger charge is 2.25. The molecule has 0 unspecified atom stereocenters. The highest BCUT2D eigenvalue weighted by atomic mass is 32.1. The summed E-state index contributed by atoms with van der Waals surface area (Å²) < 4.78 is 5.38. The zero-order valence-corrected chi connectivity index (χ0v) is 13.1. The Morgan fingerprint density at radius 3 is 3.00 bits per heavy atom. The van der Waals surface area contributed by atoms with Gasteiger partial charge in [0.1, 0.15) is 0 Å². The van der Waals surface area contributed by atoms with E-state index in [4.69, 9.17) is 4.74 Å². The van der Waals surface area contributed by atoms with Crippen molar-refractivity contribution in [1.82, 2.24) is 9.88 Å². The number of hydrogen-bond donors (Lipinski definition) is 0. The summed E-state index contributed by atoms with van der Waals surface area (Å²) in [7, 11) is 0. The monoisotopic (exact) mass is 308 g/mol. The molecule has 1 aliphatic heterocycles. The van der Waals surface area contributed by atoms with Gasteiger partial charge in [-0.25, -0.2) is 4.98 Å². The van der Waals surface area contributed by atoms with Crippen LogP contribution in [0.25, 0.3) is 10.6 Å². The predicted molar refractivity (Wildman–Crippen MR) is 81.5 cm³/mol. The number of carbonyl (C=O) groups excluding carboxylic acids is 1. The van der Waals surface area contributed by atoms with Gasteiger partial charge in [-0.3, -0.25) is 4.79 Å². The molecule has 0 saturated carbocycles. The Kier molecular flexibility index (Phi) is 3.87. The first kappa shape index (κ1) is 13.7. The van der Waals surface area contributed by atoms with Crippen molar-refractivity contribution in [2.75, 3.05) is 19.8 Å². The molecular formula is C14H16N2O2S2. The summed E-state index contributed by atoms with van der Waals surface area (Å²) in [4.78, 5) is 19.9. The second kappa shape index (κ2) is 5.63. The maximum Gasteiger partial charge on any atom is 0.255 e. The summed E-state index contributed by atoms with van der Waals surface area (Å²) in [5.74, 6) is 0.0928. The number of ether oxygens (including phenoxy) is 1. The average molecular weight is 308 g/mol. The molecule has 2 aromatic heterocycles. The number of morpholine rings is 1. The molecule has 0 N–H and O–H groups in total. The number of thiophene rings is 1. The molecule has 0 bridgehead atoms. The molecule has 1 aliphatic rings. The number of thiazole rings is 1. The van der Waals surface area contributed by atoms with E-state index in [2.05, 4.69) is 4.98 Å². The van der Waals surface area contributed by atoms with E-state index in [0.717, 1.165) is 21.1 Å². The van der Waals surface area contributed by atoms with Crippen molar-refractivity contribution in [2.45, 2.75) is 19.9 Å². The van der Waals surface area contributed by atoms with Gasteiger partial charge in [-0.05, 0) is 19.9 Å². The summed E-state index contributed by atoms with van der Waals surface area (Å²) in [5.41, 5.74) is 1.72. The van der Waals surface area contributed by atoms with Gasteiger partial charge in [0.15, 0.2) is 0 Å². The molecule has 1 amide bonds. The summed E-state index contributed by atoms with van der Waals surface area (Å²) in [6.45, 7) is 5.92. The molecule has 0 aliphatic carbocycles. The van der Waals surface area contributed by atoms with Gasteiger partial charge in [0, 0.05) is 17.3 Å². The molecule has 1 fully saturated rings. The fraction of sp³-hybridized carbons (Fsp3) is 0.429. The first-order valence-corrected chi connectivity index (χ1v) is 8.31. The summed E-state index contributed by atoms with van der Waals surface area (Å²) in [6, 6.07) is 2.09. The Hall–Kier alpha value is -1.24. The fourth-order valence-electron chi connectivity index (χ4n) is 2.25. The molecule has 0 radical (unpaired) electrons. The first-order chi connectivity index (χ1) is 9.65. The normalized spacial score (nSPS) is 19.3. The Morgan fingerprint density at radius 2 is 2.30 bits per heavy atom. The molecular weight excluding hydrogens is 292 g/mol. The van der Waals surface area contributed by atoms with Crippen molar-refractivity contribution in [3.05, 3.63) is 27.4 Å². The molecule has 0 spiro atoms. The lowest BCUT2D eigenvalue weighted by atomic mass is 10.2. The molecule has 6 heteroatoms. The van der Waals surface area contributed by atoms with Crippen molar-refractivity contribution >= 4 is 28.6 Å². The zero-order chi connectivity index (χ0) is 14.1. The Labute approximate surface area is 126 Å². The predicted octanol–water partition coefficient (Wildman–Crippen LogP) is 3.04. The van der Waals surface area contributed by atoms with E-state index in [0.29, 0.717) is 19.8 Å². The molecule has 4 nitrogen and oxygen atoms in total. The van der Waals surface area contributed by atoms with E-state index in [1.165, 1.54) is 0 Å². The minimum Gasteiger partial charge on any atom is -0.377 e. The number of aromatic nitrogens is 1. The van der Waals surface area contributed by atoms with Crippen LogP contribution in [0.5, 0.6) is 0 Å².